The van der Waals surface area contributed by atoms with Crippen molar-refractivity contribution in [3.8, 4) is 5.75 Å². The van der Waals surface area contributed by atoms with E-state index in [2.05, 4.69) is 0 Å². The van der Waals surface area contributed by atoms with Crippen LogP contribution in [0.25, 0.3) is 0 Å². The average molecular weight is 944 g/mol. The van der Waals surface area contributed by atoms with Gasteiger partial charge >= 0.3 is 0 Å². The molecule has 4 aliphatic rings. The highest BCUT2D eigenvalue weighted by molar-refractivity contribution is 8.00. The number of hydrogen-bond acceptors (Lipinski definition) is 27. The molecule has 19 atom stereocenters. The molecule has 1 aromatic carbocycles. The molecule has 28 heteroatoms. The highest BCUT2D eigenvalue weighted by atomic mass is 32.2. The van der Waals surface area contributed by atoms with E-state index >= 15 is 0 Å². The summed E-state index contributed by atoms with van der Waals surface area (Å²) in [5.74, 6) is -3.98. The Morgan fingerprint density at radius 1 is 0.597 bits per heavy atom. The molecule has 19 unspecified atom stereocenters. The normalized spacial score (nSPS) is 41.8. The molecule has 5 rings (SSSR count). The highest BCUT2D eigenvalue weighted by Crippen LogP contribution is 2.38. The predicted octanol–water partition coefficient (Wildman–Crippen LogP) is -7.68. The number of rotatable bonds is 13. The molecule has 360 valence electrons. The van der Waals surface area contributed by atoms with E-state index in [0.29, 0.717) is 11.5 Å². The molecule has 0 amide bonds. The fraction of sp³-hybridized carbons (Fsp3) is 0.824. The molecule has 0 spiro atoms. The van der Waals surface area contributed by atoms with Gasteiger partial charge in [0.1, 0.15) is 102 Å². The van der Waals surface area contributed by atoms with Crippen molar-refractivity contribution in [3.05, 3.63) is 34.4 Å². The first kappa shape index (κ1) is 54.6. The molecule has 26 nitrogen and oxygen atoms in total. The van der Waals surface area contributed by atoms with E-state index in [1.54, 1.807) is 6.92 Å². The minimum atomic E-state index is -2.69. The summed E-state index contributed by atoms with van der Waals surface area (Å²) in [6, 6.07) is 5.03. The number of ether oxygens (including phenoxy) is 6. The molecule has 0 aliphatic carbocycles. The van der Waals surface area contributed by atoms with Gasteiger partial charge in [-0.1, -0.05) is 13.8 Å². The van der Waals surface area contributed by atoms with Crippen LogP contribution in [0.2, 0.25) is 0 Å². The van der Waals surface area contributed by atoms with Crippen LogP contribution in [0.4, 0.5) is 5.69 Å². The minimum Gasteiger partial charge on any atom is -0.462 e. The maximum Gasteiger partial charge on any atom is 0.269 e. The highest BCUT2D eigenvalue weighted by Gasteiger charge is 2.59. The Morgan fingerprint density at radius 3 is 1.47 bits per heavy atom. The van der Waals surface area contributed by atoms with Crippen molar-refractivity contribution in [2.75, 3.05) is 37.9 Å². The maximum absolute atomic E-state index is 10.7. The number of nitro groups is 1. The lowest BCUT2D eigenvalue weighted by Crippen LogP contribution is -2.70. The van der Waals surface area contributed by atoms with E-state index in [9.17, 15) is 86.7 Å². The number of nitro benzene ring substituents is 1. The number of thioether (sulfide) groups is 2. The van der Waals surface area contributed by atoms with Crippen LogP contribution in [0.15, 0.2) is 24.3 Å². The zero-order valence-corrected chi connectivity index (χ0v) is 34.7. The summed E-state index contributed by atoms with van der Waals surface area (Å²) >= 11 is 2.36. The number of aliphatic hydroxyl groups is 17. The number of non-ortho nitro benzene ring substituents is 1. The van der Waals surface area contributed by atoms with Crippen LogP contribution in [0.3, 0.4) is 0 Å². The predicted molar refractivity (Wildman–Crippen MR) is 206 cm³/mol. The Kier molecular flexibility index (Phi) is 21.2. The van der Waals surface area contributed by atoms with Crippen LogP contribution in [-0.4, -0.2) is 250 Å². The molecular formula is C34H57NO25S2. The largest absolute Gasteiger partial charge is 0.462 e. The fourth-order valence-corrected chi connectivity index (χ4v) is 8.03. The van der Waals surface area contributed by atoms with Crippen LogP contribution in [-0.2, 0) is 23.7 Å². The van der Waals surface area contributed by atoms with Gasteiger partial charge in [0.05, 0.1) is 31.4 Å². The third kappa shape index (κ3) is 12.6. The quantitative estimate of drug-likeness (QED) is 0.0496. The second-order valence-electron chi connectivity index (χ2n) is 14.0. The molecule has 0 bridgehead atoms. The molecule has 4 aliphatic heterocycles. The van der Waals surface area contributed by atoms with Crippen LogP contribution >= 0.6 is 23.5 Å². The average Bonchev–Trinajstić information content (AvgIpc) is 3.25. The monoisotopic (exact) mass is 943 g/mol. The van der Waals surface area contributed by atoms with Crippen molar-refractivity contribution in [2.24, 2.45) is 0 Å². The van der Waals surface area contributed by atoms with Crippen molar-refractivity contribution >= 4 is 29.2 Å². The van der Waals surface area contributed by atoms with E-state index in [1.165, 1.54) is 36.0 Å². The van der Waals surface area contributed by atoms with Gasteiger partial charge in [-0.15, -0.1) is 23.5 Å². The summed E-state index contributed by atoms with van der Waals surface area (Å²) in [4.78, 5) is 9.95. The molecule has 0 saturated carbocycles. The van der Waals surface area contributed by atoms with Gasteiger partial charge in [0.15, 0.2) is 6.29 Å². The van der Waals surface area contributed by atoms with Gasteiger partial charge in [-0.25, -0.2) is 0 Å². The van der Waals surface area contributed by atoms with E-state index in [-0.39, 0.29) is 11.4 Å². The van der Waals surface area contributed by atoms with Crippen molar-refractivity contribution < 1.29 is 120 Å². The zero-order valence-electron chi connectivity index (χ0n) is 33.1. The Morgan fingerprint density at radius 2 is 1.03 bits per heavy atom. The second-order valence-corrected chi connectivity index (χ2v) is 16.8. The Balaban J connectivity index is 0.000000257. The standard InChI is InChI=1S/C14H26O11S.C12H15NO8.C8H16O6S/c1-2-26-13-10(20)11(21)14(22,6(4-16)24-13)25-12-9(19)8(18)7(17)5(3-15)23-12;14-5-8-9(15)10(16)11(17)12(21-8)20-7-3-1-6(2-4-7)13(18)19;1-2-15-7-5(10)6(11)8(12,13)4(3-9)14-7/h5-13,15-22H,2-4H2,1H3;1-4,8-12,14-17H,5H2;4-7,9-13H,2-3H2,1H3. The molecule has 4 saturated heterocycles. The van der Waals surface area contributed by atoms with Crippen molar-refractivity contribution in [1.29, 1.82) is 0 Å². The van der Waals surface area contributed by atoms with Gasteiger partial charge in [-0.3, -0.25) is 10.1 Å². The van der Waals surface area contributed by atoms with Gasteiger partial charge in [-0.2, -0.15) is 0 Å². The van der Waals surface area contributed by atoms with E-state index < -0.39 is 152 Å². The molecule has 62 heavy (non-hydrogen) atoms. The Labute approximate surface area is 361 Å². The van der Waals surface area contributed by atoms with Crippen LogP contribution in [0, 0.1) is 10.1 Å². The van der Waals surface area contributed by atoms with Crippen molar-refractivity contribution in [1.82, 2.24) is 0 Å². The van der Waals surface area contributed by atoms with E-state index in [0.717, 1.165) is 11.8 Å². The zero-order chi connectivity index (χ0) is 46.9. The third-order valence-electron chi connectivity index (χ3n) is 9.89. The molecule has 4 fully saturated rings. The summed E-state index contributed by atoms with van der Waals surface area (Å²) in [5, 5.41) is 175. The summed E-state index contributed by atoms with van der Waals surface area (Å²) in [7, 11) is 0. The smallest absolute Gasteiger partial charge is 0.269 e. The molecular weight excluding hydrogens is 886 g/mol. The van der Waals surface area contributed by atoms with E-state index in [1.807, 2.05) is 6.92 Å². The molecule has 1 aromatic rings. The Bertz CT molecular complexity index is 1480. The van der Waals surface area contributed by atoms with Gasteiger partial charge in [0.25, 0.3) is 5.69 Å². The topological polar surface area (TPSA) is 442 Å². The SMILES string of the molecule is CCSC1OC(CO)C(O)(O)C(O)C1O.CCSC1OC(CO)C(O)(OC2OC(CO)C(O)C(O)C2O)C(O)C1O.O=[N+]([O-])c1ccc(OC2OC(CO)C(O)C(O)C2O)cc1. The van der Waals surface area contributed by atoms with E-state index in [4.69, 9.17) is 38.6 Å². The first-order chi connectivity index (χ1) is 29.1. The number of aliphatic hydroxyl groups excluding tert-OH is 14. The number of nitrogens with zero attached hydrogens (tertiary/aromatic N) is 1. The van der Waals surface area contributed by atoms with Crippen LogP contribution in [0.1, 0.15) is 13.8 Å². The lowest BCUT2D eigenvalue weighted by molar-refractivity contribution is -0.421. The molecule has 0 radical (unpaired) electrons. The number of hydrogen-bond donors (Lipinski definition) is 17. The fourth-order valence-electron chi connectivity index (χ4n) is 6.25. The number of benzene rings is 1. The van der Waals surface area contributed by atoms with Crippen molar-refractivity contribution in [3.63, 3.8) is 0 Å². The lowest BCUT2D eigenvalue weighted by atomic mass is 9.94. The lowest BCUT2D eigenvalue weighted by Gasteiger charge is -2.50. The summed E-state index contributed by atoms with van der Waals surface area (Å²) in [6.45, 7) is 0.901. The first-order valence-electron chi connectivity index (χ1n) is 18.9. The molecule has 4 heterocycles. The minimum absolute atomic E-state index is 0.129. The molecule has 0 aromatic heterocycles. The summed E-state index contributed by atoms with van der Waals surface area (Å²) in [6.07, 6.45) is -24.8. The van der Waals surface area contributed by atoms with Gasteiger partial charge in [-0.05, 0) is 23.6 Å². The summed E-state index contributed by atoms with van der Waals surface area (Å²) < 4.78 is 31.2. The maximum atomic E-state index is 10.7. The Hall–Kier alpha value is -1.76. The van der Waals surface area contributed by atoms with Crippen LogP contribution in [0.5, 0.6) is 5.75 Å². The van der Waals surface area contributed by atoms with Gasteiger partial charge in [0.2, 0.25) is 17.9 Å². The van der Waals surface area contributed by atoms with Gasteiger partial charge < -0.3 is 115 Å². The summed E-state index contributed by atoms with van der Waals surface area (Å²) in [5.41, 5.74) is -1.84. The van der Waals surface area contributed by atoms with Crippen molar-refractivity contribution in [2.45, 2.75) is 134 Å². The molecule has 17 N–H and O–H groups in total. The van der Waals surface area contributed by atoms with Crippen LogP contribution < -0.4 is 4.74 Å². The second kappa shape index (κ2) is 24.1. The third-order valence-corrected chi connectivity index (χ3v) is 12.0. The van der Waals surface area contributed by atoms with Gasteiger partial charge in [0, 0.05) is 12.1 Å². The first-order valence-corrected chi connectivity index (χ1v) is 21.0.